The lowest BCUT2D eigenvalue weighted by molar-refractivity contribution is -0.143. The number of Topliss-reactive ketones (excluding diaryl/α,β-unsaturated/α-hetero) is 1. The Morgan fingerprint density at radius 2 is 1.08 bits per heavy atom. The maximum Gasteiger partial charge on any atom is 0.305 e. The van der Waals surface area contributed by atoms with Gasteiger partial charge in [0.25, 0.3) is 0 Å². The zero-order chi connectivity index (χ0) is 19.3. The average molecular weight is 367 g/mol. The molecule has 0 aliphatic rings. The Morgan fingerprint density at radius 1 is 0.654 bits per heavy atom. The van der Waals surface area contributed by atoms with Crippen molar-refractivity contribution in [3.8, 4) is 0 Å². The number of ketones is 1. The molecule has 0 bridgehead atoms. The smallest absolute Gasteiger partial charge is 0.305 e. The third-order valence-corrected chi connectivity index (χ3v) is 4.62. The van der Waals surface area contributed by atoms with Crippen molar-refractivity contribution in [1.82, 2.24) is 0 Å². The molecular formula is C23H42O3. The highest BCUT2D eigenvalue weighted by atomic mass is 16.5. The lowest BCUT2D eigenvalue weighted by Crippen LogP contribution is -2.03. The summed E-state index contributed by atoms with van der Waals surface area (Å²) >= 11 is 0. The summed E-state index contributed by atoms with van der Waals surface area (Å²) in [5.41, 5.74) is 0. The molecule has 26 heavy (non-hydrogen) atoms. The van der Waals surface area contributed by atoms with Gasteiger partial charge in [0.15, 0.2) is 0 Å². The van der Waals surface area contributed by atoms with Gasteiger partial charge in [-0.25, -0.2) is 0 Å². The van der Waals surface area contributed by atoms with Crippen molar-refractivity contribution in [1.29, 1.82) is 0 Å². The Balaban J connectivity index is 3.15. The van der Waals surface area contributed by atoms with Crippen LogP contribution in [0.3, 0.4) is 0 Å². The second kappa shape index (κ2) is 20.2. The average Bonchev–Trinajstić information content (AvgIpc) is 2.60. The van der Waals surface area contributed by atoms with Gasteiger partial charge < -0.3 is 9.53 Å². The monoisotopic (exact) mass is 366 g/mol. The number of carbonyl (C=O) groups is 2. The fraction of sp³-hybridized carbons (Fsp3) is 0.826. The van der Waals surface area contributed by atoms with Crippen molar-refractivity contribution in [2.24, 2.45) is 0 Å². The number of carbonyl (C=O) groups excluding carboxylic acids is 2. The van der Waals surface area contributed by atoms with E-state index in [0.717, 1.165) is 25.7 Å². The summed E-state index contributed by atoms with van der Waals surface area (Å²) in [6.07, 6.45) is 23.1. The quantitative estimate of drug-likeness (QED) is 0.141. The van der Waals surface area contributed by atoms with Crippen LogP contribution in [0.15, 0.2) is 12.2 Å². The van der Waals surface area contributed by atoms with E-state index in [2.05, 4.69) is 12.2 Å². The molecule has 0 N–H and O–H groups in total. The lowest BCUT2D eigenvalue weighted by Gasteiger charge is -2.02. The molecule has 0 aliphatic carbocycles. The van der Waals surface area contributed by atoms with Crippen LogP contribution in [0.25, 0.3) is 0 Å². The van der Waals surface area contributed by atoms with Crippen molar-refractivity contribution in [3.05, 3.63) is 12.2 Å². The van der Waals surface area contributed by atoms with E-state index in [0.29, 0.717) is 18.8 Å². The van der Waals surface area contributed by atoms with Gasteiger partial charge in [-0.1, -0.05) is 63.5 Å². The number of ether oxygens (including phenoxy) is 1. The lowest BCUT2D eigenvalue weighted by atomic mass is 10.1. The van der Waals surface area contributed by atoms with E-state index in [1.54, 1.807) is 6.92 Å². The SMILES string of the molecule is CCOC(=O)CCCCCCCCC=CCCCCCCCCC(C)=O. The molecule has 0 aromatic rings. The molecule has 0 heterocycles. The van der Waals surface area contributed by atoms with Crippen LogP contribution >= 0.6 is 0 Å². The first kappa shape index (κ1) is 24.9. The minimum atomic E-state index is -0.0504. The molecule has 0 aromatic heterocycles. The Hall–Kier alpha value is -1.12. The maximum atomic E-state index is 11.2. The highest BCUT2D eigenvalue weighted by molar-refractivity contribution is 5.75. The van der Waals surface area contributed by atoms with Crippen LogP contribution in [0.4, 0.5) is 0 Å². The fourth-order valence-corrected chi connectivity index (χ4v) is 3.05. The highest BCUT2D eigenvalue weighted by Gasteiger charge is 2.00. The minimum absolute atomic E-state index is 0.0504. The molecule has 0 spiro atoms. The van der Waals surface area contributed by atoms with Gasteiger partial charge in [-0.3, -0.25) is 4.79 Å². The molecule has 0 unspecified atom stereocenters. The van der Waals surface area contributed by atoms with E-state index in [9.17, 15) is 9.59 Å². The van der Waals surface area contributed by atoms with E-state index in [1.165, 1.54) is 70.6 Å². The van der Waals surface area contributed by atoms with E-state index in [-0.39, 0.29) is 5.97 Å². The van der Waals surface area contributed by atoms with Gasteiger partial charge in [0.05, 0.1) is 6.61 Å². The number of allylic oxidation sites excluding steroid dienone is 2. The predicted molar refractivity (Wildman–Crippen MR) is 110 cm³/mol. The molecule has 0 aliphatic heterocycles. The fourth-order valence-electron chi connectivity index (χ4n) is 3.05. The first-order chi connectivity index (χ1) is 12.7. The number of unbranched alkanes of at least 4 members (excludes halogenated alkanes) is 12. The molecule has 0 fully saturated rings. The number of hydrogen-bond acceptors (Lipinski definition) is 3. The molecule has 152 valence electrons. The second-order valence-electron chi connectivity index (χ2n) is 7.30. The number of hydrogen-bond donors (Lipinski definition) is 0. The zero-order valence-electron chi connectivity index (χ0n) is 17.4. The number of rotatable bonds is 19. The summed E-state index contributed by atoms with van der Waals surface area (Å²) in [5.74, 6) is 0.273. The Morgan fingerprint density at radius 3 is 1.54 bits per heavy atom. The Kier molecular flexibility index (Phi) is 19.3. The van der Waals surface area contributed by atoms with Crippen LogP contribution in [0.5, 0.6) is 0 Å². The van der Waals surface area contributed by atoms with Crippen molar-refractivity contribution in [2.45, 2.75) is 117 Å². The van der Waals surface area contributed by atoms with E-state index in [1.807, 2.05) is 6.92 Å². The van der Waals surface area contributed by atoms with Crippen LogP contribution in [0.1, 0.15) is 117 Å². The Bertz CT molecular complexity index is 360. The molecule has 0 atom stereocenters. The van der Waals surface area contributed by atoms with E-state index >= 15 is 0 Å². The summed E-state index contributed by atoms with van der Waals surface area (Å²) in [6, 6.07) is 0. The molecule has 0 saturated heterocycles. The zero-order valence-corrected chi connectivity index (χ0v) is 17.4. The molecule has 0 aromatic carbocycles. The molecule has 0 rings (SSSR count). The van der Waals surface area contributed by atoms with Crippen LogP contribution < -0.4 is 0 Å². The van der Waals surface area contributed by atoms with E-state index in [4.69, 9.17) is 4.74 Å². The third-order valence-electron chi connectivity index (χ3n) is 4.62. The Labute approximate surface area is 162 Å². The molecule has 3 heteroatoms. The van der Waals surface area contributed by atoms with Gasteiger partial charge in [-0.2, -0.15) is 0 Å². The van der Waals surface area contributed by atoms with Crippen molar-refractivity contribution in [2.75, 3.05) is 6.61 Å². The van der Waals surface area contributed by atoms with Crippen LogP contribution in [-0.4, -0.2) is 18.4 Å². The maximum absolute atomic E-state index is 11.2. The van der Waals surface area contributed by atoms with Crippen molar-refractivity contribution in [3.63, 3.8) is 0 Å². The first-order valence-corrected chi connectivity index (χ1v) is 11.0. The number of esters is 1. The largest absolute Gasteiger partial charge is 0.466 e. The summed E-state index contributed by atoms with van der Waals surface area (Å²) in [4.78, 5) is 22.0. The molecule has 0 amide bonds. The van der Waals surface area contributed by atoms with Crippen molar-refractivity contribution < 1.29 is 14.3 Å². The highest BCUT2D eigenvalue weighted by Crippen LogP contribution is 2.11. The van der Waals surface area contributed by atoms with Crippen molar-refractivity contribution >= 4 is 11.8 Å². The van der Waals surface area contributed by atoms with Gasteiger partial charge in [0.1, 0.15) is 5.78 Å². The summed E-state index contributed by atoms with van der Waals surface area (Å²) in [6.45, 7) is 4.03. The molecular weight excluding hydrogens is 324 g/mol. The van der Waals surface area contributed by atoms with Crippen LogP contribution in [0, 0.1) is 0 Å². The summed E-state index contributed by atoms with van der Waals surface area (Å²) in [7, 11) is 0. The standard InChI is InChI=1S/C23H42O3/c1-3-26-23(25)21-19-17-15-13-11-9-7-5-4-6-8-10-12-14-16-18-20-22(2)24/h4-5H,3,6-21H2,1-2H3. The second-order valence-corrected chi connectivity index (χ2v) is 7.30. The summed E-state index contributed by atoms with van der Waals surface area (Å²) < 4.78 is 4.92. The van der Waals surface area contributed by atoms with Gasteiger partial charge in [-0.05, 0) is 52.4 Å². The van der Waals surface area contributed by atoms with Gasteiger partial charge >= 0.3 is 5.97 Å². The summed E-state index contributed by atoms with van der Waals surface area (Å²) in [5, 5.41) is 0. The van der Waals surface area contributed by atoms with Crippen LogP contribution in [-0.2, 0) is 14.3 Å². The van der Waals surface area contributed by atoms with Gasteiger partial charge in [-0.15, -0.1) is 0 Å². The van der Waals surface area contributed by atoms with Crippen LogP contribution in [0.2, 0.25) is 0 Å². The molecule has 0 radical (unpaired) electrons. The van der Waals surface area contributed by atoms with Gasteiger partial charge in [0, 0.05) is 12.8 Å². The molecule has 0 saturated carbocycles. The molecule has 3 nitrogen and oxygen atoms in total. The topological polar surface area (TPSA) is 43.4 Å². The first-order valence-electron chi connectivity index (χ1n) is 11.0. The van der Waals surface area contributed by atoms with Gasteiger partial charge in [0.2, 0.25) is 0 Å². The predicted octanol–water partition coefficient (Wildman–Crippen LogP) is 6.94. The van der Waals surface area contributed by atoms with E-state index < -0.39 is 0 Å². The minimum Gasteiger partial charge on any atom is -0.466 e. The normalized spacial score (nSPS) is 11.2. The third kappa shape index (κ3) is 20.9.